The van der Waals surface area contributed by atoms with Gasteiger partial charge in [-0.25, -0.2) is 9.59 Å². The van der Waals surface area contributed by atoms with Gasteiger partial charge in [0.15, 0.2) is 0 Å². The maximum absolute atomic E-state index is 12.9. The molecular formula is C25H33N3O5. The van der Waals surface area contributed by atoms with Gasteiger partial charge < -0.3 is 26.2 Å². The van der Waals surface area contributed by atoms with Crippen LogP contribution in [0.3, 0.4) is 0 Å². The second-order valence-corrected chi connectivity index (χ2v) is 8.01. The second kappa shape index (κ2) is 14.5. The highest BCUT2D eigenvalue weighted by Crippen LogP contribution is 2.17. The molecule has 0 unspecified atom stereocenters. The van der Waals surface area contributed by atoms with Crippen LogP contribution in [0.1, 0.15) is 36.8 Å². The topological polar surface area (TPSA) is 128 Å². The molecule has 3 amide bonds. The lowest BCUT2D eigenvalue weighted by atomic mass is 9.92. The summed E-state index contributed by atoms with van der Waals surface area (Å²) in [6, 6.07) is 19.6. The molecule has 0 aromatic heterocycles. The molecule has 0 bridgehead atoms. The van der Waals surface area contributed by atoms with Crippen molar-refractivity contribution in [3.63, 3.8) is 0 Å². The van der Waals surface area contributed by atoms with Crippen LogP contribution >= 0.6 is 0 Å². The van der Waals surface area contributed by atoms with E-state index in [1.54, 1.807) is 0 Å². The van der Waals surface area contributed by atoms with Crippen molar-refractivity contribution in [3.05, 3.63) is 71.8 Å². The van der Waals surface area contributed by atoms with Crippen LogP contribution in [-0.2, 0) is 17.6 Å². The van der Waals surface area contributed by atoms with E-state index in [4.69, 9.17) is 10.2 Å². The minimum Gasteiger partial charge on any atom is -0.465 e. The first-order valence-electron chi connectivity index (χ1n) is 11.3. The Bertz CT molecular complexity index is 817. The number of aryl methyl sites for hydroxylation is 2. The van der Waals surface area contributed by atoms with Crippen molar-refractivity contribution in [2.24, 2.45) is 5.92 Å². The Balaban J connectivity index is 1.85. The maximum Gasteiger partial charge on any atom is 0.404 e. The molecule has 2 aromatic rings. The van der Waals surface area contributed by atoms with Crippen LogP contribution in [0.25, 0.3) is 0 Å². The van der Waals surface area contributed by atoms with Crippen LogP contribution in [0.4, 0.5) is 9.59 Å². The third-order valence-electron chi connectivity index (χ3n) is 5.48. The summed E-state index contributed by atoms with van der Waals surface area (Å²) < 4.78 is 0. The molecule has 0 saturated heterocycles. The number of amides is 3. The largest absolute Gasteiger partial charge is 0.465 e. The van der Waals surface area contributed by atoms with Crippen LogP contribution in [0.2, 0.25) is 0 Å². The highest BCUT2D eigenvalue weighted by molar-refractivity contribution is 5.78. The fourth-order valence-corrected chi connectivity index (χ4v) is 3.69. The van der Waals surface area contributed by atoms with Crippen molar-refractivity contribution < 1.29 is 24.6 Å². The van der Waals surface area contributed by atoms with E-state index in [9.17, 15) is 14.4 Å². The van der Waals surface area contributed by atoms with Crippen molar-refractivity contribution >= 4 is 18.1 Å². The van der Waals surface area contributed by atoms with Crippen molar-refractivity contribution in [3.8, 4) is 0 Å². The van der Waals surface area contributed by atoms with E-state index in [1.807, 2.05) is 36.4 Å². The molecule has 0 fully saturated rings. The highest BCUT2D eigenvalue weighted by Gasteiger charge is 2.19. The summed E-state index contributed by atoms with van der Waals surface area (Å²) in [6.45, 7) is 0.378. The van der Waals surface area contributed by atoms with Gasteiger partial charge in [-0.1, -0.05) is 60.7 Å². The van der Waals surface area contributed by atoms with Crippen molar-refractivity contribution in [1.82, 2.24) is 16.0 Å². The van der Waals surface area contributed by atoms with Gasteiger partial charge in [-0.05, 0) is 49.7 Å². The molecule has 1 atom stereocenters. The summed E-state index contributed by atoms with van der Waals surface area (Å²) in [4.78, 5) is 34.5. The van der Waals surface area contributed by atoms with Gasteiger partial charge in [-0.15, -0.1) is 0 Å². The normalized spacial score (nSPS) is 11.5. The van der Waals surface area contributed by atoms with Crippen LogP contribution in [-0.4, -0.2) is 47.4 Å². The Morgan fingerprint density at radius 2 is 1.27 bits per heavy atom. The number of carbonyl (C=O) groups is 3. The number of benzene rings is 2. The Morgan fingerprint density at radius 1 is 0.727 bits per heavy atom. The molecule has 0 aliphatic rings. The van der Waals surface area contributed by atoms with Gasteiger partial charge in [-0.3, -0.25) is 4.79 Å². The molecular weight excluding hydrogens is 422 g/mol. The van der Waals surface area contributed by atoms with Crippen LogP contribution in [0.15, 0.2) is 60.7 Å². The minimum absolute atomic E-state index is 0.00623. The Hall–Kier alpha value is -3.55. The van der Waals surface area contributed by atoms with E-state index in [0.717, 1.165) is 25.7 Å². The van der Waals surface area contributed by atoms with E-state index in [1.165, 1.54) is 11.1 Å². The zero-order chi connectivity index (χ0) is 23.9. The summed E-state index contributed by atoms with van der Waals surface area (Å²) in [5.74, 6) is -0.139. The number of hydrogen-bond donors (Lipinski definition) is 5. The first kappa shape index (κ1) is 25.7. The summed E-state index contributed by atoms with van der Waals surface area (Å²) >= 11 is 0. The highest BCUT2D eigenvalue weighted by atomic mass is 16.4. The third-order valence-corrected chi connectivity index (χ3v) is 5.48. The average molecular weight is 456 g/mol. The van der Waals surface area contributed by atoms with E-state index in [-0.39, 0.29) is 18.4 Å². The first-order valence-corrected chi connectivity index (χ1v) is 11.3. The predicted octanol–water partition coefficient (Wildman–Crippen LogP) is 3.67. The van der Waals surface area contributed by atoms with E-state index < -0.39 is 18.2 Å². The number of rotatable bonds is 14. The van der Waals surface area contributed by atoms with Crippen LogP contribution in [0, 0.1) is 5.92 Å². The summed E-state index contributed by atoms with van der Waals surface area (Å²) in [5, 5.41) is 25.1. The van der Waals surface area contributed by atoms with Crippen molar-refractivity contribution in [2.45, 2.75) is 44.6 Å². The monoisotopic (exact) mass is 455 g/mol. The Kier molecular flexibility index (Phi) is 11.3. The molecule has 2 aromatic carbocycles. The van der Waals surface area contributed by atoms with Gasteiger partial charge in [0.25, 0.3) is 0 Å². The molecule has 0 heterocycles. The molecule has 0 saturated carbocycles. The summed E-state index contributed by atoms with van der Waals surface area (Å²) in [6.07, 6.45) is 1.65. The Labute approximate surface area is 194 Å². The Morgan fingerprint density at radius 3 is 1.76 bits per heavy atom. The van der Waals surface area contributed by atoms with Gasteiger partial charge >= 0.3 is 12.2 Å². The van der Waals surface area contributed by atoms with Gasteiger partial charge in [-0.2, -0.15) is 0 Å². The molecule has 0 aliphatic carbocycles. The van der Waals surface area contributed by atoms with E-state index in [2.05, 4.69) is 40.2 Å². The van der Waals surface area contributed by atoms with Gasteiger partial charge in [0.05, 0.1) is 0 Å². The zero-order valence-corrected chi connectivity index (χ0v) is 18.7. The van der Waals surface area contributed by atoms with E-state index in [0.29, 0.717) is 19.4 Å². The number of nitrogens with one attached hydrogen (secondary N) is 3. The average Bonchev–Trinajstić information content (AvgIpc) is 2.81. The second-order valence-electron chi connectivity index (χ2n) is 8.01. The number of carbonyl (C=O) groups excluding carboxylic acids is 1. The molecule has 0 aliphatic heterocycles. The molecule has 33 heavy (non-hydrogen) atoms. The van der Waals surface area contributed by atoms with Crippen LogP contribution in [0.5, 0.6) is 0 Å². The summed E-state index contributed by atoms with van der Waals surface area (Å²) in [7, 11) is 0. The lowest BCUT2D eigenvalue weighted by molar-refractivity contribution is -0.125. The fourth-order valence-electron chi connectivity index (χ4n) is 3.69. The zero-order valence-electron chi connectivity index (χ0n) is 18.7. The third kappa shape index (κ3) is 11.0. The standard InChI is InChI=1S/C25H33N3O5/c29-23(26-17-7-12-22(28-25(32)33)18-27-24(30)31)21(15-13-19-8-3-1-4-9-19)16-14-20-10-5-2-6-11-20/h1-6,8-11,21-22,27-28H,7,12-18H2,(H,26,29)(H,30,31)(H,32,33)/t22-/m0/s1. The van der Waals surface area contributed by atoms with Crippen molar-refractivity contribution in [1.29, 1.82) is 0 Å². The molecule has 5 N–H and O–H groups in total. The molecule has 8 nitrogen and oxygen atoms in total. The molecule has 0 radical (unpaired) electrons. The lowest BCUT2D eigenvalue weighted by Crippen LogP contribution is -2.43. The summed E-state index contributed by atoms with van der Waals surface area (Å²) in [5.41, 5.74) is 2.40. The predicted molar refractivity (Wildman–Crippen MR) is 126 cm³/mol. The molecule has 2 rings (SSSR count). The number of hydrogen-bond acceptors (Lipinski definition) is 3. The quantitative estimate of drug-likeness (QED) is 0.278. The van der Waals surface area contributed by atoms with Gasteiger partial charge in [0.2, 0.25) is 5.91 Å². The lowest BCUT2D eigenvalue weighted by Gasteiger charge is -2.19. The molecule has 178 valence electrons. The maximum atomic E-state index is 12.9. The molecule has 8 heteroatoms. The molecule has 0 spiro atoms. The SMILES string of the molecule is O=C(O)NC[C@H](CCCNC(=O)C(CCc1ccccc1)CCc1ccccc1)NC(=O)O. The van der Waals surface area contributed by atoms with Gasteiger partial charge in [0, 0.05) is 25.0 Å². The van der Waals surface area contributed by atoms with E-state index >= 15 is 0 Å². The van der Waals surface area contributed by atoms with Crippen LogP contribution < -0.4 is 16.0 Å². The minimum atomic E-state index is -1.21. The fraction of sp³-hybridized carbons (Fsp3) is 0.400. The van der Waals surface area contributed by atoms with Crippen molar-refractivity contribution in [2.75, 3.05) is 13.1 Å². The smallest absolute Gasteiger partial charge is 0.404 e. The number of carboxylic acid groups (broad SMARTS) is 2. The first-order chi connectivity index (χ1) is 15.9. The van der Waals surface area contributed by atoms with Gasteiger partial charge in [0.1, 0.15) is 0 Å².